The Morgan fingerprint density at radius 1 is 1.17 bits per heavy atom. The molecule has 0 saturated heterocycles. The predicted molar refractivity (Wildman–Crippen MR) is 134 cm³/mol. The van der Waals surface area contributed by atoms with E-state index in [0.717, 1.165) is 25.7 Å². The lowest BCUT2D eigenvalue weighted by molar-refractivity contribution is 0.0483. The van der Waals surface area contributed by atoms with Crippen molar-refractivity contribution < 1.29 is 23.0 Å². The van der Waals surface area contributed by atoms with Crippen LogP contribution < -0.4 is 10.1 Å². The van der Waals surface area contributed by atoms with Gasteiger partial charge in [0.25, 0.3) is 6.43 Å². The molecule has 0 radical (unpaired) electrons. The van der Waals surface area contributed by atoms with Crippen molar-refractivity contribution in [2.45, 2.75) is 69.7 Å². The molecule has 0 aliphatic heterocycles. The first-order valence-electron chi connectivity index (χ1n) is 11.9. The molecular formula is C25H31F2N5O3S. The molecule has 2 aromatic heterocycles. The van der Waals surface area contributed by atoms with Crippen molar-refractivity contribution in [1.29, 1.82) is 0 Å². The molecule has 4 rings (SSSR count). The number of nitrogens with one attached hydrogen (secondary N) is 1. The maximum absolute atomic E-state index is 13.8. The molecule has 8 nitrogen and oxygen atoms in total. The third-order valence-corrected chi connectivity index (χ3v) is 6.44. The zero-order chi connectivity index (χ0) is 25.9. The summed E-state index contributed by atoms with van der Waals surface area (Å²) in [5.41, 5.74) is 0.483. The average molecular weight is 520 g/mol. The van der Waals surface area contributed by atoms with Gasteiger partial charge in [0, 0.05) is 12.1 Å². The summed E-state index contributed by atoms with van der Waals surface area (Å²) in [6, 6.07) is 8.62. The maximum atomic E-state index is 13.8. The molecule has 0 unspecified atom stereocenters. The van der Waals surface area contributed by atoms with Crippen LogP contribution in [0.25, 0.3) is 16.9 Å². The van der Waals surface area contributed by atoms with Crippen LogP contribution in [-0.4, -0.2) is 50.1 Å². The second kappa shape index (κ2) is 11.0. The molecule has 0 spiro atoms. The minimum Gasteiger partial charge on any atom is -0.477 e. The number of hydrogen-bond acceptors (Lipinski definition) is 7. The van der Waals surface area contributed by atoms with E-state index in [4.69, 9.17) is 9.47 Å². The number of amides is 1. The molecule has 2 heterocycles. The SMILES string of the molecule is CSc1nc(OCC2CCC(NC(=O)OC(C)(C)C)CC2)cc(-n2c(C(F)F)nc3ccccc32)n1. The molecule has 194 valence electrons. The van der Waals surface area contributed by atoms with Crippen molar-refractivity contribution in [3.63, 3.8) is 0 Å². The van der Waals surface area contributed by atoms with Crippen LogP contribution in [0.2, 0.25) is 0 Å². The van der Waals surface area contributed by atoms with E-state index >= 15 is 0 Å². The second-order valence-corrected chi connectivity index (χ2v) is 10.6. The highest BCUT2D eigenvalue weighted by Gasteiger charge is 2.26. The maximum Gasteiger partial charge on any atom is 0.407 e. The number of hydrogen-bond donors (Lipinski definition) is 1. The lowest BCUT2D eigenvalue weighted by atomic mass is 9.86. The Labute approximate surface area is 213 Å². The summed E-state index contributed by atoms with van der Waals surface area (Å²) in [6.45, 7) is 5.96. The zero-order valence-corrected chi connectivity index (χ0v) is 21.6. The van der Waals surface area contributed by atoms with Crippen molar-refractivity contribution >= 4 is 28.9 Å². The Morgan fingerprint density at radius 2 is 1.89 bits per heavy atom. The van der Waals surface area contributed by atoms with Gasteiger partial charge in [0.1, 0.15) is 11.4 Å². The number of para-hydroxylation sites is 2. The Kier molecular flexibility index (Phi) is 7.97. The van der Waals surface area contributed by atoms with Crippen molar-refractivity contribution in [3.8, 4) is 11.7 Å². The van der Waals surface area contributed by atoms with E-state index in [1.165, 1.54) is 16.3 Å². The molecular weight excluding hydrogens is 488 g/mol. The monoisotopic (exact) mass is 519 g/mol. The fourth-order valence-corrected chi connectivity index (χ4v) is 4.62. The number of ether oxygens (including phenoxy) is 2. The number of nitrogens with zero attached hydrogens (tertiary/aromatic N) is 4. The highest BCUT2D eigenvalue weighted by molar-refractivity contribution is 7.98. The molecule has 1 aliphatic carbocycles. The van der Waals surface area contributed by atoms with Crippen LogP contribution >= 0.6 is 11.8 Å². The van der Waals surface area contributed by atoms with Gasteiger partial charge in [-0.25, -0.2) is 23.5 Å². The molecule has 0 bridgehead atoms. The van der Waals surface area contributed by atoms with E-state index < -0.39 is 18.1 Å². The summed E-state index contributed by atoms with van der Waals surface area (Å²) in [4.78, 5) is 25.0. The van der Waals surface area contributed by atoms with E-state index in [-0.39, 0.29) is 11.9 Å². The summed E-state index contributed by atoms with van der Waals surface area (Å²) in [6.07, 6.45) is 2.09. The van der Waals surface area contributed by atoms with Gasteiger partial charge in [0.05, 0.1) is 17.6 Å². The zero-order valence-electron chi connectivity index (χ0n) is 20.8. The standard InChI is InChI=1S/C25H31F2N5O3S/c1-25(2,3)35-24(33)28-16-11-9-15(10-12-16)14-34-20-13-19(30-23(31-20)36-4)32-18-8-6-5-7-17(18)29-22(32)21(26)27/h5-8,13,15-16,21H,9-12,14H2,1-4H3,(H,28,33). The summed E-state index contributed by atoms with van der Waals surface area (Å²) in [5, 5.41) is 3.36. The third kappa shape index (κ3) is 6.43. The van der Waals surface area contributed by atoms with Gasteiger partial charge in [0.15, 0.2) is 11.0 Å². The van der Waals surface area contributed by atoms with Crippen LogP contribution in [0.3, 0.4) is 0 Å². The Balaban J connectivity index is 1.44. The van der Waals surface area contributed by atoms with Crippen molar-refractivity contribution in [2.24, 2.45) is 5.92 Å². The number of halogens is 2. The van der Waals surface area contributed by atoms with E-state index in [1.54, 1.807) is 30.3 Å². The first-order chi connectivity index (χ1) is 17.1. The minimum absolute atomic E-state index is 0.0761. The normalized spacial score (nSPS) is 18.4. The minimum atomic E-state index is -2.76. The molecule has 1 saturated carbocycles. The van der Waals surface area contributed by atoms with E-state index in [0.29, 0.717) is 40.4 Å². The number of benzene rings is 1. The Bertz CT molecular complexity index is 1210. The van der Waals surface area contributed by atoms with Crippen LogP contribution in [0, 0.1) is 5.92 Å². The Morgan fingerprint density at radius 3 is 2.56 bits per heavy atom. The van der Waals surface area contributed by atoms with Gasteiger partial charge in [-0.05, 0) is 70.8 Å². The van der Waals surface area contributed by atoms with Gasteiger partial charge in [0.2, 0.25) is 5.88 Å². The number of thioether (sulfide) groups is 1. The highest BCUT2D eigenvalue weighted by Crippen LogP contribution is 2.30. The number of carbonyl (C=O) groups excluding carboxylic acids is 1. The van der Waals surface area contributed by atoms with Crippen LogP contribution in [0.15, 0.2) is 35.5 Å². The van der Waals surface area contributed by atoms with Crippen molar-refractivity contribution in [2.75, 3.05) is 12.9 Å². The third-order valence-electron chi connectivity index (χ3n) is 5.90. The van der Waals surface area contributed by atoms with E-state index in [2.05, 4.69) is 20.3 Å². The smallest absolute Gasteiger partial charge is 0.407 e. The van der Waals surface area contributed by atoms with Crippen molar-refractivity contribution in [1.82, 2.24) is 24.8 Å². The Hall–Kier alpha value is -2.95. The van der Waals surface area contributed by atoms with E-state index in [9.17, 15) is 13.6 Å². The number of carbonyl (C=O) groups is 1. The molecule has 1 fully saturated rings. The average Bonchev–Trinajstić information content (AvgIpc) is 3.22. The van der Waals surface area contributed by atoms with E-state index in [1.807, 2.05) is 27.0 Å². The lowest BCUT2D eigenvalue weighted by Crippen LogP contribution is -2.41. The first kappa shape index (κ1) is 26.1. The second-order valence-electron chi connectivity index (χ2n) is 9.82. The first-order valence-corrected chi connectivity index (χ1v) is 13.2. The topological polar surface area (TPSA) is 91.2 Å². The quantitative estimate of drug-likeness (QED) is 0.305. The van der Waals surface area contributed by atoms with Crippen LogP contribution in [0.5, 0.6) is 5.88 Å². The molecule has 0 atom stereocenters. The molecule has 1 aliphatic rings. The summed E-state index contributed by atoms with van der Waals surface area (Å²) < 4.78 is 40.4. The molecule has 1 N–H and O–H groups in total. The summed E-state index contributed by atoms with van der Waals surface area (Å²) >= 11 is 1.31. The van der Waals surface area contributed by atoms with Crippen LogP contribution in [0.1, 0.15) is 58.7 Å². The van der Waals surface area contributed by atoms with Gasteiger partial charge in [-0.2, -0.15) is 4.98 Å². The van der Waals surface area contributed by atoms with Gasteiger partial charge in [-0.1, -0.05) is 23.9 Å². The fourth-order valence-electron chi connectivity index (χ4n) is 4.25. The largest absolute Gasteiger partial charge is 0.477 e. The summed E-state index contributed by atoms with van der Waals surface area (Å²) in [5.74, 6) is 0.544. The predicted octanol–water partition coefficient (Wildman–Crippen LogP) is 5.94. The number of aromatic nitrogens is 4. The number of rotatable bonds is 7. The molecule has 36 heavy (non-hydrogen) atoms. The van der Waals surface area contributed by atoms with Gasteiger partial charge < -0.3 is 14.8 Å². The lowest BCUT2D eigenvalue weighted by Gasteiger charge is -2.30. The van der Waals surface area contributed by atoms with Gasteiger partial charge >= 0.3 is 6.09 Å². The number of alkyl halides is 2. The number of alkyl carbamates (subject to hydrolysis) is 1. The number of fused-ring (bicyclic) bond motifs is 1. The molecule has 3 aromatic rings. The molecule has 1 amide bonds. The van der Waals surface area contributed by atoms with Gasteiger partial charge in [-0.3, -0.25) is 4.57 Å². The fraction of sp³-hybridized carbons (Fsp3) is 0.520. The molecule has 11 heteroatoms. The summed E-state index contributed by atoms with van der Waals surface area (Å²) in [7, 11) is 0. The van der Waals surface area contributed by atoms with Gasteiger partial charge in [-0.15, -0.1) is 0 Å². The number of imidazole rings is 1. The van der Waals surface area contributed by atoms with Crippen molar-refractivity contribution in [3.05, 3.63) is 36.2 Å². The molecule has 1 aromatic carbocycles. The van der Waals surface area contributed by atoms with Crippen LogP contribution in [-0.2, 0) is 4.74 Å². The highest BCUT2D eigenvalue weighted by atomic mass is 32.2. The van der Waals surface area contributed by atoms with Crippen LogP contribution in [0.4, 0.5) is 13.6 Å².